The maximum atomic E-state index is 12.3. The lowest BCUT2D eigenvalue weighted by Crippen LogP contribution is -2.26. The number of hydrogen-bond acceptors (Lipinski definition) is 4. The molecule has 0 aliphatic rings. The second kappa shape index (κ2) is 6.70. The maximum absolute atomic E-state index is 12.3. The molecule has 0 atom stereocenters. The Labute approximate surface area is 140 Å². The summed E-state index contributed by atoms with van der Waals surface area (Å²) in [5, 5.41) is 2.93. The van der Waals surface area contributed by atoms with Crippen LogP contribution < -0.4 is 11.1 Å². The van der Waals surface area contributed by atoms with E-state index in [1.165, 1.54) is 11.1 Å². The minimum absolute atomic E-state index is 0.150. The zero-order chi connectivity index (χ0) is 17.1. The zero-order valence-electron chi connectivity index (χ0n) is 13.9. The van der Waals surface area contributed by atoms with Crippen LogP contribution in [-0.2, 0) is 13.0 Å². The summed E-state index contributed by atoms with van der Waals surface area (Å²) in [6.45, 7) is 5.32. The highest BCUT2D eigenvalue weighted by Gasteiger charge is 2.12. The highest BCUT2D eigenvalue weighted by atomic mass is 16.1. The van der Waals surface area contributed by atoms with Gasteiger partial charge in [-0.2, -0.15) is 0 Å². The largest absolute Gasteiger partial charge is 0.369 e. The molecule has 6 nitrogen and oxygen atoms in total. The normalized spacial score (nSPS) is 10.9. The van der Waals surface area contributed by atoms with Gasteiger partial charge in [0.15, 0.2) is 5.65 Å². The summed E-state index contributed by atoms with van der Waals surface area (Å²) in [6.07, 6.45) is 2.37. The van der Waals surface area contributed by atoms with Crippen LogP contribution in [0.5, 0.6) is 0 Å². The minimum Gasteiger partial charge on any atom is -0.369 e. The predicted octanol–water partition coefficient (Wildman–Crippen LogP) is 2.31. The Hall–Kier alpha value is -2.89. The summed E-state index contributed by atoms with van der Waals surface area (Å²) in [5.74, 6) is 0.264. The first-order chi connectivity index (χ1) is 11.6. The number of rotatable bonds is 5. The number of aromatic nitrogens is 3. The molecule has 0 unspecified atom stereocenters. The lowest BCUT2D eigenvalue weighted by molar-refractivity contribution is 0.0954. The van der Waals surface area contributed by atoms with Crippen LogP contribution in [-0.4, -0.2) is 27.0 Å². The third-order valence-electron chi connectivity index (χ3n) is 4.13. The minimum atomic E-state index is -0.150. The van der Waals surface area contributed by atoms with E-state index in [0.717, 1.165) is 6.42 Å². The predicted molar refractivity (Wildman–Crippen MR) is 94.8 cm³/mol. The summed E-state index contributed by atoms with van der Waals surface area (Å²) in [7, 11) is 0. The van der Waals surface area contributed by atoms with Crippen molar-refractivity contribution in [3.63, 3.8) is 0 Å². The van der Waals surface area contributed by atoms with Gasteiger partial charge in [0.25, 0.3) is 5.91 Å². The molecular formula is C18H21N5O. The first-order valence-electron chi connectivity index (χ1n) is 8.04. The molecule has 6 heteroatoms. The number of nitrogens with one attached hydrogen (secondary N) is 1. The van der Waals surface area contributed by atoms with Crippen molar-refractivity contribution >= 4 is 23.0 Å². The van der Waals surface area contributed by atoms with Crippen LogP contribution in [0.25, 0.3) is 11.2 Å². The lowest BCUT2D eigenvalue weighted by Gasteiger charge is -2.07. The Bertz CT molecular complexity index is 884. The summed E-state index contributed by atoms with van der Waals surface area (Å²) in [4.78, 5) is 20.9. The third kappa shape index (κ3) is 3.08. The summed E-state index contributed by atoms with van der Waals surface area (Å²) in [6, 6.07) is 9.91. The van der Waals surface area contributed by atoms with Gasteiger partial charge in [0, 0.05) is 19.3 Å². The highest BCUT2D eigenvalue weighted by molar-refractivity contribution is 5.96. The van der Waals surface area contributed by atoms with Crippen molar-refractivity contribution in [2.75, 3.05) is 12.3 Å². The van der Waals surface area contributed by atoms with Crippen molar-refractivity contribution in [1.29, 1.82) is 0 Å². The number of nitrogen functional groups attached to an aromatic ring is 1. The molecule has 124 valence electrons. The van der Waals surface area contributed by atoms with E-state index in [1.807, 2.05) is 23.6 Å². The summed E-state index contributed by atoms with van der Waals surface area (Å²) >= 11 is 0. The molecule has 1 aromatic carbocycles. The third-order valence-corrected chi connectivity index (χ3v) is 4.13. The van der Waals surface area contributed by atoms with Gasteiger partial charge in [0.05, 0.1) is 5.56 Å². The van der Waals surface area contributed by atoms with E-state index in [-0.39, 0.29) is 5.91 Å². The first-order valence-corrected chi connectivity index (χ1v) is 8.04. The molecule has 3 aromatic rings. The van der Waals surface area contributed by atoms with Crippen molar-refractivity contribution in [3.05, 3.63) is 53.2 Å². The molecule has 3 rings (SSSR count). The fourth-order valence-electron chi connectivity index (χ4n) is 2.77. The average molecular weight is 323 g/mol. The molecule has 1 amide bonds. The maximum Gasteiger partial charge on any atom is 0.252 e. The average Bonchev–Trinajstić information content (AvgIpc) is 2.90. The SMILES string of the molecule is CCn1c(N)nc2cc(C(=O)NCCc3ccccc3C)cnc21. The molecule has 3 N–H and O–H groups in total. The van der Waals surface area contributed by atoms with E-state index < -0.39 is 0 Å². The molecule has 0 spiro atoms. The molecule has 2 heterocycles. The van der Waals surface area contributed by atoms with E-state index >= 15 is 0 Å². The lowest BCUT2D eigenvalue weighted by atomic mass is 10.1. The van der Waals surface area contributed by atoms with Crippen LogP contribution in [0.15, 0.2) is 36.5 Å². The molecule has 2 aromatic heterocycles. The Kier molecular flexibility index (Phi) is 4.46. The molecule has 24 heavy (non-hydrogen) atoms. The number of aryl methyl sites for hydroxylation is 2. The number of nitrogens with zero attached hydrogens (tertiary/aromatic N) is 3. The number of carbonyl (C=O) groups excluding carboxylic acids is 1. The highest BCUT2D eigenvalue weighted by Crippen LogP contribution is 2.16. The second-order valence-corrected chi connectivity index (χ2v) is 5.71. The number of pyridine rings is 1. The second-order valence-electron chi connectivity index (χ2n) is 5.71. The van der Waals surface area contributed by atoms with Gasteiger partial charge in [-0.15, -0.1) is 0 Å². The van der Waals surface area contributed by atoms with E-state index in [9.17, 15) is 4.79 Å². The number of hydrogen-bond donors (Lipinski definition) is 2. The smallest absolute Gasteiger partial charge is 0.252 e. The quantitative estimate of drug-likeness (QED) is 0.754. The van der Waals surface area contributed by atoms with Crippen molar-refractivity contribution in [3.8, 4) is 0 Å². The zero-order valence-corrected chi connectivity index (χ0v) is 13.9. The molecular weight excluding hydrogens is 302 g/mol. The molecule has 0 bridgehead atoms. The van der Waals surface area contributed by atoms with Crippen LogP contribution in [0, 0.1) is 6.92 Å². The number of imidazole rings is 1. The molecule has 0 saturated carbocycles. The Balaban J connectivity index is 1.69. The van der Waals surface area contributed by atoms with Gasteiger partial charge in [-0.25, -0.2) is 9.97 Å². The van der Waals surface area contributed by atoms with Gasteiger partial charge < -0.3 is 11.1 Å². The first kappa shape index (κ1) is 16.0. The van der Waals surface area contributed by atoms with Crippen LogP contribution in [0.2, 0.25) is 0 Å². The Morgan fingerprint density at radius 1 is 1.33 bits per heavy atom. The summed E-state index contributed by atoms with van der Waals surface area (Å²) in [5.41, 5.74) is 10.2. The van der Waals surface area contributed by atoms with Gasteiger partial charge in [-0.1, -0.05) is 24.3 Å². The topological polar surface area (TPSA) is 85.8 Å². The summed E-state index contributed by atoms with van der Waals surface area (Å²) < 4.78 is 1.81. The van der Waals surface area contributed by atoms with Crippen molar-refractivity contribution < 1.29 is 4.79 Å². The van der Waals surface area contributed by atoms with Crippen LogP contribution in [0.3, 0.4) is 0 Å². The molecule has 0 saturated heterocycles. The van der Waals surface area contributed by atoms with Crippen molar-refractivity contribution in [1.82, 2.24) is 19.9 Å². The fraction of sp³-hybridized carbons (Fsp3) is 0.278. The van der Waals surface area contributed by atoms with E-state index in [2.05, 4.69) is 34.3 Å². The van der Waals surface area contributed by atoms with Crippen LogP contribution in [0.4, 0.5) is 5.95 Å². The van der Waals surface area contributed by atoms with Crippen LogP contribution in [0.1, 0.15) is 28.4 Å². The molecule has 0 fully saturated rings. The number of benzene rings is 1. The number of amides is 1. The Morgan fingerprint density at radius 3 is 2.88 bits per heavy atom. The monoisotopic (exact) mass is 323 g/mol. The fourth-order valence-corrected chi connectivity index (χ4v) is 2.77. The van der Waals surface area contributed by atoms with Crippen molar-refractivity contribution in [2.45, 2.75) is 26.8 Å². The van der Waals surface area contributed by atoms with Gasteiger partial charge in [0.2, 0.25) is 5.95 Å². The van der Waals surface area contributed by atoms with Gasteiger partial charge >= 0.3 is 0 Å². The molecule has 0 aliphatic heterocycles. The number of nitrogens with two attached hydrogens (primary N) is 1. The number of anilines is 1. The molecule has 0 radical (unpaired) electrons. The Morgan fingerprint density at radius 2 is 2.12 bits per heavy atom. The number of fused-ring (bicyclic) bond motifs is 1. The van der Waals surface area contributed by atoms with Crippen molar-refractivity contribution in [2.24, 2.45) is 0 Å². The van der Waals surface area contributed by atoms with Gasteiger partial charge in [-0.05, 0) is 37.5 Å². The van der Waals surface area contributed by atoms with Crippen LogP contribution >= 0.6 is 0 Å². The number of carbonyl (C=O) groups is 1. The van der Waals surface area contributed by atoms with E-state index in [4.69, 9.17) is 5.73 Å². The van der Waals surface area contributed by atoms with Gasteiger partial charge in [0.1, 0.15) is 5.52 Å². The van der Waals surface area contributed by atoms with Gasteiger partial charge in [-0.3, -0.25) is 9.36 Å². The van der Waals surface area contributed by atoms with E-state index in [1.54, 1.807) is 12.3 Å². The van der Waals surface area contributed by atoms with E-state index in [0.29, 0.717) is 35.8 Å². The molecule has 0 aliphatic carbocycles. The standard InChI is InChI=1S/C18H21N5O/c1-3-23-16-15(22-18(23)19)10-14(11-21-16)17(24)20-9-8-13-7-5-4-6-12(13)2/h4-7,10-11H,3,8-9H2,1-2H3,(H2,19,22)(H,20,24).